The Kier molecular flexibility index (Phi) is 2.53. The lowest BCUT2D eigenvalue weighted by Gasteiger charge is -2.28. The minimum Gasteiger partial charge on any atom is -0.330 e. The number of benzene rings is 2. The van der Waals surface area contributed by atoms with Crippen LogP contribution in [0.5, 0.6) is 0 Å². The van der Waals surface area contributed by atoms with Crippen molar-refractivity contribution in [3.05, 3.63) is 59.7 Å². The molecule has 1 heteroatoms. The molecule has 92 valence electrons. The predicted octanol–water partition coefficient (Wildman–Crippen LogP) is 3.51. The molecule has 0 spiro atoms. The third-order valence-corrected chi connectivity index (χ3v) is 3.69. The number of rotatable bonds is 2. The van der Waals surface area contributed by atoms with Crippen LogP contribution in [-0.4, -0.2) is 32.2 Å². The summed E-state index contributed by atoms with van der Waals surface area (Å²) in [5, 5.41) is 0. The van der Waals surface area contributed by atoms with Gasteiger partial charge < -0.3 is 4.48 Å². The topological polar surface area (TPSA) is 0 Å². The van der Waals surface area contributed by atoms with E-state index >= 15 is 0 Å². The number of quaternary nitrogens is 1. The Morgan fingerprint density at radius 2 is 1.22 bits per heavy atom. The van der Waals surface area contributed by atoms with Crippen molar-refractivity contribution in [1.82, 2.24) is 0 Å². The van der Waals surface area contributed by atoms with Crippen molar-refractivity contribution in [3.8, 4) is 11.1 Å². The van der Waals surface area contributed by atoms with Gasteiger partial charge in [-0.2, -0.15) is 0 Å². The molecule has 2 aromatic carbocycles. The van der Waals surface area contributed by atoms with E-state index in [1.165, 1.54) is 22.3 Å². The normalized spacial score (nSPS) is 14.4. The van der Waals surface area contributed by atoms with Crippen molar-refractivity contribution < 1.29 is 4.48 Å². The Morgan fingerprint density at radius 3 is 1.67 bits per heavy atom. The molecule has 0 radical (unpaired) electrons. The average Bonchev–Trinajstić information content (AvgIpc) is 2.64. The van der Waals surface area contributed by atoms with Crippen molar-refractivity contribution in [2.75, 3.05) is 27.7 Å². The highest BCUT2D eigenvalue weighted by Gasteiger charge is 2.31. The predicted molar refractivity (Wildman–Crippen MR) is 76.6 cm³/mol. The lowest BCUT2D eigenvalue weighted by molar-refractivity contribution is -0.871. The second kappa shape index (κ2) is 3.96. The summed E-state index contributed by atoms with van der Waals surface area (Å²) in [6.07, 6.45) is 0. The van der Waals surface area contributed by atoms with Crippen LogP contribution in [0, 0.1) is 0 Å². The van der Waals surface area contributed by atoms with E-state index in [0.29, 0.717) is 5.92 Å². The fourth-order valence-electron chi connectivity index (χ4n) is 3.00. The molecule has 1 nitrogen and oxygen atoms in total. The van der Waals surface area contributed by atoms with Crippen LogP contribution in [-0.2, 0) is 0 Å². The van der Waals surface area contributed by atoms with E-state index in [-0.39, 0.29) is 0 Å². The van der Waals surface area contributed by atoms with E-state index in [1.807, 2.05) is 0 Å². The monoisotopic (exact) mass is 238 g/mol. The Balaban J connectivity index is 2.15. The summed E-state index contributed by atoms with van der Waals surface area (Å²) in [4.78, 5) is 0. The minimum absolute atomic E-state index is 0.539. The summed E-state index contributed by atoms with van der Waals surface area (Å²) in [6.45, 7) is 1.15. The fourth-order valence-corrected chi connectivity index (χ4v) is 3.00. The van der Waals surface area contributed by atoms with E-state index < -0.39 is 0 Å². The molecule has 0 N–H and O–H groups in total. The molecule has 0 amide bonds. The molecule has 0 aromatic heterocycles. The fraction of sp³-hybridized carbons (Fsp3) is 0.294. The van der Waals surface area contributed by atoms with Crippen LogP contribution in [0.4, 0.5) is 0 Å². The summed E-state index contributed by atoms with van der Waals surface area (Å²) in [5.41, 5.74) is 5.83. The zero-order valence-corrected chi connectivity index (χ0v) is 11.4. The highest BCUT2D eigenvalue weighted by molar-refractivity contribution is 5.78. The lowest BCUT2D eigenvalue weighted by Crippen LogP contribution is -2.38. The molecule has 2 aromatic rings. The molecule has 1 aliphatic carbocycles. The van der Waals surface area contributed by atoms with Gasteiger partial charge in [0.1, 0.15) is 0 Å². The van der Waals surface area contributed by atoms with Crippen molar-refractivity contribution in [2.45, 2.75) is 5.92 Å². The first kappa shape index (κ1) is 11.5. The second-order valence-corrected chi connectivity index (χ2v) is 6.20. The van der Waals surface area contributed by atoms with Gasteiger partial charge in [-0.25, -0.2) is 0 Å². The van der Waals surface area contributed by atoms with Crippen LogP contribution < -0.4 is 0 Å². The standard InChI is InChI=1S/C17H20N/c1-18(2,3)12-17-15-10-6-4-8-13(15)14-9-5-7-11-16(14)17/h4-11,17H,12H2,1-3H3/q+1. The first-order chi connectivity index (χ1) is 8.56. The van der Waals surface area contributed by atoms with Crippen LogP contribution in [0.25, 0.3) is 11.1 Å². The van der Waals surface area contributed by atoms with Gasteiger partial charge in [0.05, 0.1) is 33.6 Å². The molecule has 0 atom stereocenters. The largest absolute Gasteiger partial charge is 0.330 e. The number of hydrogen-bond acceptors (Lipinski definition) is 0. The molecule has 0 aliphatic heterocycles. The number of hydrogen-bond donors (Lipinski definition) is 0. The maximum atomic E-state index is 2.29. The Morgan fingerprint density at radius 1 is 0.778 bits per heavy atom. The maximum absolute atomic E-state index is 2.29. The first-order valence-corrected chi connectivity index (χ1v) is 6.55. The number of nitrogens with zero attached hydrogens (tertiary/aromatic N) is 1. The van der Waals surface area contributed by atoms with Crippen LogP contribution >= 0.6 is 0 Å². The van der Waals surface area contributed by atoms with Crippen molar-refractivity contribution in [2.24, 2.45) is 0 Å². The van der Waals surface area contributed by atoms with E-state index in [0.717, 1.165) is 11.0 Å². The summed E-state index contributed by atoms with van der Waals surface area (Å²) in [5.74, 6) is 0.539. The second-order valence-electron chi connectivity index (χ2n) is 6.20. The zero-order valence-electron chi connectivity index (χ0n) is 11.4. The number of fused-ring (bicyclic) bond motifs is 3. The van der Waals surface area contributed by atoms with E-state index in [9.17, 15) is 0 Å². The summed E-state index contributed by atoms with van der Waals surface area (Å²) in [7, 11) is 6.80. The van der Waals surface area contributed by atoms with Crippen LogP contribution in [0.15, 0.2) is 48.5 Å². The number of likely N-dealkylation sites (N-methyl/N-ethyl adjacent to an activating group) is 1. The lowest BCUT2D eigenvalue weighted by atomic mass is 9.96. The summed E-state index contributed by atoms with van der Waals surface area (Å²) in [6, 6.07) is 17.7. The van der Waals surface area contributed by atoms with Gasteiger partial charge in [-0.05, 0) is 22.3 Å². The molecule has 1 aliphatic rings. The zero-order chi connectivity index (χ0) is 12.8. The Bertz CT molecular complexity index is 533. The third-order valence-electron chi connectivity index (χ3n) is 3.69. The molecule has 0 unspecified atom stereocenters. The SMILES string of the molecule is C[N+](C)(C)CC1c2ccccc2-c2ccccc21. The molecule has 0 fully saturated rings. The van der Waals surface area contributed by atoms with Crippen molar-refractivity contribution in [3.63, 3.8) is 0 Å². The van der Waals surface area contributed by atoms with Gasteiger partial charge in [0.2, 0.25) is 0 Å². The van der Waals surface area contributed by atoms with Gasteiger partial charge in [-0.15, -0.1) is 0 Å². The van der Waals surface area contributed by atoms with Gasteiger partial charge >= 0.3 is 0 Å². The van der Waals surface area contributed by atoms with Crippen LogP contribution in [0.1, 0.15) is 17.0 Å². The molecular weight excluding hydrogens is 218 g/mol. The molecule has 0 heterocycles. The molecule has 18 heavy (non-hydrogen) atoms. The van der Waals surface area contributed by atoms with Gasteiger partial charge in [-0.3, -0.25) is 0 Å². The Hall–Kier alpha value is -1.60. The van der Waals surface area contributed by atoms with Gasteiger partial charge in [0.25, 0.3) is 0 Å². The molecule has 0 bridgehead atoms. The van der Waals surface area contributed by atoms with Gasteiger partial charge in [-0.1, -0.05) is 48.5 Å². The smallest absolute Gasteiger partial charge is 0.0891 e. The molecular formula is C17H20N+. The minimum atomic E-state index is 0.539. The van der Waals surface area contributed by atoms with Crippen molar-refractivity contribution >= 4 is 0 Å². The van der Waals surface area contributed by atoms with Gasteiger partial charge in [0, 0.05) is 0 Å². The van der Waals surface area contributed by atoms with E-state index in [1.54, 1.807) is 0 Å². The molecule has 0 saturated heterocycles. The summed E-state index contributed by atoms with van der Waals surface area (Å²) < 4.78 is 0.993. The van der Waals surface area contributed by atoms with E-state index in [2.05, 4.69) is 69.7 Å². The van der Waals surface area contributed by atoms with Gasteiger partial charge in [0.15, 0.2) is 0 Å². The average molecular weight is 238 g/mol. The van der Waals surface area contributed by atoms with Crippen LogP contribution in [0.3, 0.4) is 0 Å². The third kappa shape index (κ3) is 1.85. The quantitative estimate of drug-likeness (QED) is 0.702. The molecule has 0 saturated carbocycles. The Labute approximate surface area is 109 Å². The van der Waals surface area contributed by atoms with E-state index in [4.69, 9.17) is 0 Å². The first-order valence-electron chi connectivity index (χ1n) is 6.55. The highest BCUT2D eigenvalue weighted by atomic mass is 15.3. The van der Waals surface area contributed by atoms with Crippen LogP contribution in [0.2, 0.25) is 0 Å². The van der Waals surface area contributed by atoms with Crippen molar-refractivity contribution in [1.29, 1.82) is 0 Å². The molecule has 3 rings (SSSR count). The summed E-state index contributed by atoms with van der Waals surface area (Å²) >= 11 is 0. The maximum Gasteiger partial charge on any atom is 0.0891 e. The highest BCUT2D eigenvalue weighted by Crippen LogP contribution is 2.44.